The summed E-state index contributed by atoms with van der Waals surface area (Å²) >= 11 is 1.30. The van der Waals surface area contributed by atoms with Crippen LogP contribution in [0.1, 0.15) is 47.3 Å². The third-order valence-electron chi connectivity index (χ3n) is 3.35. The van der Waals surface area contributed by atoms with Crippen molar-refractivity contribution in [1.82, 2.24) is 10.3 Å². The van der Waals surface area contributed by atoms with E-state index in [0.717, 1.165) is 5.01 Å². The van der Waals surface area contributed by atoms with Crippen LogP contribution in [-0.4, -0.2) is 40.7 Å². The minimum atomic E-state index is -1.22. The first-order valence-electron chi connectivity index (χ1n) is 6.54. The molecule has 0 bridgehead atoms. The van der Waals surface area contributed by atoms with Crippen LogP contribution in [0.15, 0.2) is 6.20 Å². The van der Waals surface area contributed by atoms with E-state index in [1.54, 1.807) is 0 Å². The molecule has 1 aromatic rings. The van der Waals surface area contributed by atoms with Crippen molar-refractivity contribution in [2.45, 2.75) is 38.1 Å². The Kier molecular flexibility index (Phi) is 4.39. The van der Waals surface area contributed by atoms with Crippen molar-refractivity contribution in [3.8, 4) is 0 Å². The lowest BCUT2D eigenvalue weighted by Crippen LogP contribution is -2.57. The number of nitrogens with zero attached hydrogens (tertiary/aromatic N) is 1. The van der Waals surface area contributed by atoms with Crippen molar-refractivity contribution < 1.29 is 19.4 Å². The Morgan fingerprint density at radius 1 is 1.45 bits per heavy atom. The van der Waals surface area contributed by atoms with Gasteiger partial charge in [0.05, 0.1) is 11.2 Å². The molecule has 0 radical (unpaired) electrons. The first-order valence-corrected chi connectivity index (χ1v) is 7.35. The lowest BCUT2D eigenvalue weighted by molar-refractivity contribution is -0.148. The number of carboxylic acid groups (broad SMARTS) is 1. The monoisotopic (exact) mass is 298 g/mol. The molecule has 2 N–H and O–H groups in total. The molecule has 110 valence electrons. The summed E-state index contributed by atoms with van der Waals surface area (Å²) in [7, 11) is 0. The van der Waals surface area contributed by atoms with Crippen LogP contribution in [0.5, 0.6) is 0 Å². The molecule has 0 unspecified atom stereocenters. The van der Waals surface area contributed by atoms with Gasteiger partial charge in [0.2, 0.25) is 0 Å². The van der Waals surface area contributed by atoms with Crippen molar-refractivity contribution in [1.29, 1.82) is 0 Å². The highest BCUT2D eigenvalue weighted by Crippen LogP contribution is 2.24. The summed E-state index contributed by atoms with van der Waals surface area (Å²) in [5.41, 5.74) is -1.22. The fourth-order valence-corrected chi connectivity index (χ4v) is 2.87. The lowest BCUT2D eigenvalue weighted by atomic mass is 9.90. The maximum atomic E-state index is 12.2. The van der Waals surface area contributed by atoms with Crippen LogP contribution in [0.2, 0.25) is 0 Å². The minimum Gasteiger partial charge on any atom is -0.480 e. The van der Waals surface area contributed by atoms with E-state index < -0.39 is 11.5 Å². The summed E-state index contributed by atoms with van der Waals surface area (Å²) in [5.74, 6) is -1.14. The highest BCUT2D eigenvalue weighted by Gasteiger charge is 2.42. The molecule has 20 heavy (non-hydrogen) atoms. The zero-order valence-electron chi connectivity index (χ0n) is 11.5. The van der Waals surface area contributed by atoms with Gasteiger partial charge in [0.1, 0.15) is 10.4 Å². The fourth-order valence-electron chi connectivity index (χ4n) is 2.05. The number of carbonyl (C=O) groups excluding carboxylic acids is 1. The standard InChI is InChI=1S/C13H18N2O4S/c1-8(2)11-14-7-9(20-11)10(16)15-13(12(17)18)3-5-19-6-4-13/h7-8H,3-6H2,1-2H3,(H,15,16)(H,17,18). The number of carboxylic acids is 1. The predicted molar refractivity (Wildman–Crippen MR) is 74.1 cm³/mol. The van der Waals surface area contributed by atoms with Gasteiger partial charge >= 0.3 is 5.97 Å². The molecule has 2 rings (SSSR count). The zero-order chi connectivity index (χ0) is 14.8. The molecular weight excluding hydrogens is 280 g/mol. The Morgan fingerprint density at radius 2 is 2.10 bits per heavy atom. The highest BCUT2D eigenvalue weighted by molar-refractivity contribution is 7.13. The van der Waals surface area contributed by atoms with Gasteiger partial charge in [0.25, 0.3) is 5.91 Å². The van der Waals surface area contributed by atoms with Crippen LogP contribution >= 0.6 is 11.3 Å². The van der Waals surface area contributed by atoms with Crippen molar-refractivity contribution in [2.24, 2.45) is 0 Å². The molecule has 1 saturated heterocycles. The van der Waals surface area contributed by atoms with E-state index in [1.165, 1.54) is 17.5 Å². The number of nitrogens with one attached hydrogen (secondary N) is 1. The SMILES string of the molecule is CC(C)c1ncc(C(=O)NC2(C(=O)O)CCOCC2)s1. The second-order valence-electron chi connectivity index (χ2n) is 5.17. The summed E-state index contributed by atoms with van der Waals surface area (Å²) in [6, 6.07) is 0. The van der Waals surface area contributed by atoms with Gasteiger partial charge < -0.3 is 15.2 Å². The number of rotatable bonds is 4. The Labute approximate surface area is 121 Å². The molecule has 0 aliphatic carbocycles. The third-order valence-corrected chi connectivity index (χ3v) is 4.65. The maximum Gasteiger partial charge on any atom is 0.329 e. The van der Waals surface area contributed by atoms with Crippen LogP contribution in [0, 0.1) is 0 Å². The van der Waals surface area contributed by atoms with Crippen molar-refractivity contribution in [3.05, 3.63) is 16.1 Å². The van der Waals surface area contributed by atoms with Crippen LogP contribution in [0.25, 0.3) is 0 Å². The van der Waals surface area contributed by atoms with Crippen LogP contribution in [0.3, 0.4) is 0 Å². The predicted octanol–water partition coefficient (Wildman–Crippen LogP) is 1.63. The molecule has 1 aromatic heterocycles. The van der Waals surface area contributed by atoms with Crippen LogP contribution in [0.4, 0.5) is 0 Å². The van der Waals surface area contributed by atoms with Gasteiger partial charge in [-0.3, -0.25) is 4.79 Å². The molecule has 1 fully saturated rings. The first kappa shape index (κ1) is 14.9. The van der Waals surface area contributed by atoms with E-state index in [1.807, 2.05) is 13.8 Å². The van der Waals surface area contributed by atoms with Gasteiger partial charge in [0.15, 0.2) is 0 Å². The maximum absolute atomic E-state index is 12.2. The molecule has 1 aliphatic rings. The molecule has 2 heterocycles. The molecular formula is C13H18N2O4S. The number of hydrogen-bond donors (Lipinski definition) is 2. The van der Waals surface area contributed by atoms with E-state index in [9.17, 15) is 14.7 Å². The molecule has 0 saturated carbocycles. The van der Waals surface area contributed by atoms with Crippen LogP contribution < -0.4 is 5.32 Å². The molecule has 6 nitrogen and oxygen atoms in total. The topological polar surface area (TPSA) is 88.5 Å². The molecule has 7 heteroatoms. The Hall–Kier alpha value is -1.47. The third kappa shape index (κ3) is 2.99. The first-order chi connectivity index (χ1) is 9.44. The van der Waals surface area contributed by atoms with Crippen molar-refractivity contribution >= 4 is 23.2 Å². The second-order valence-corrected chi connectivity index (χ2v) is 6.23. The molecule has 1 aliphatic heterocycles. The smallest absolute Gasteiger partial charge is 0.329 e. The number of aliphatic carboxylic acids is 1. The van der Waals surface area contributed by atoms with Crippen molar-refractivity contribution in [3.63, 3.8) is 0 Å². The van der Waals surface area contributed by atoms with Crippen LogP contribution in [-0.2, 0) is 9.53 Å². The number of carbonyl (C=O) groups is 2. The normalized spacial score (nSPS) is 17.9. The largest absolute Gasteiger partial charge is 0.480 e. The van der Waals surface area contributed by atoms with E-state index in [4.69, 9.17) is 4.74 Å². The van der Waals surface area contributed by atoms with Gasteiger partial charge in [-0.15, -0.1) is 11.3 Å². The van der Waals surface area contributed by atoms with Gasteiger partial charge in [-0.25, -0.2) is 9.78 Å². The molecule has 1 amide bonds. The van der Waals surface area contributed by atoms with Gasteiger partial charge in [-0.2, -0.15) is 0 Å². The summed E-state index contributed by atoms with van der Waals surface area (Å²) in [6.45, 7) is 4.68. The zero-order valence-corrected chi connectivity index (χ0v) is 12.3. The van der Waals surface area contributed by atoms with Gasteiger partial charge in [-0.05, 0) is 0 Å². The number of aromatic nitrogens is 1. The Balaban J connectivity index is 2.13. The number of amides is 1. The highest BCUT2D eigenvalue weighted by atomic mass is 32.1. The van der Waals surface area contributed by atoms with E-state index in [0.29, 0.717) is 18.1 Å². The lowest BCUT2D eigenvalue weighted by Gasteiger charge is -2.33. The fraction of sp³-hybridized carbons (Fsp3) is 0.615. The Bertz CT molecular complexity index is 506. The number of ether oxygens (including phenoxy) is 1. The molecule has 0 spiro atoms. The molecule has 0 aromatic carbocycles. The number of thiazole rings is 1. The minimum absolute atomic E-state index is 0.248. The number of hydrogen-bond acceptors (Lipinski definition) is 5. The van der Waals surface area contributed by atoms with Gasteiger partial charge in [-0.1, -0.05) is 13.8 Å². The van der Waals surface area contributed by atoms with E-state index in [-0.39, 0.29) is 24.7 Å². The van der Waals surface area contributed by atoms with E-state index >= 15 is 0 Å². The second kappa shape index (κ2) is 5.88. The average Bonchev–Trinajstić information content (AvgIpc) is 2.89. The summed E-state index contributed by atoms with van der Waals surface area (Å²) < 4.78 is 5.17. The Morgan fingerprint density at radius 3 is 2.60 bits per heavy atom. The quantitative estimate of drug-likeness (QED) is 0.882. The van der Waals surface area contributed by atoms with Gasteiger partial charge in [0, 0.05) is 32.0 Å². The summed E-state index contributed by atoms with van der Waals surface area (Å²) in [5, 5.41) is 12.9. The summed E-state index contributed by atoms with van der Waals surface area (Å²) in [4.78, 5) is 28.3. The average molecular weight is 298 g/mol. The van der Waals surface area contributed by atoms with E-state index in [2.05, 4.69) is 10.3 Å². The van der Waals surface area contributed by atoms with Crippen molar-refractivity contribution in [2.75, 3.05) is 13.2 Å². The molecule has 0 atom stereocenters. The summed E-state index contributed by atoms with van der Waals surface area (Å²) in [6.07, 6.45) is 2.07.